The Bertz CT molecular complexity index is 395. The van der Waals surface area contributed by atoms with Crippen LogP contribution in [0.1, 0.15) is 49.7 Å². The lowest BCUT2D eigenvalue weighted by Crippen LogP contribution is -2.29. The van der Waals surface area contributed by atoms with Gasteiger partial charge in [-0.05, 0) is 48.4 Å². The molecular formula is C14H19F2N. The van der Waals surface area contributed by atoms with Crippen LogP contribution < -0.4 is 5.32 Å². The van der Waals surface area contributed by atoms with Gasteiger partial charge in [0.15, 0.2) is 0 Å². The number of nitrogens with one attached hydrogen (secondary N) is 1. The van der Waals surface area contributed by atoms with Gasteiger partial charge >= 0.3 is 0 Å². The van der Waals surface area contributed by atoms with E-state index in [-0.39, 0.29) is 11.8 Å². The van der Waals surface area contributed by atoms with Gasteiger partial charge in [-0.3, -0.25) is 0 Å². The lowest BCUT2D eigenvalue weighted by Gasteiger charge is -2.24. The summed E-state index contributed by atoms with van der Waals surface area (Å²) in [6.45, 7) is 5.65. The first-order chi connectivity index (χ1) is 8.09. The summed E-state index contributed by atoms with van der Waals surface area (Å²) in [5, 5.41) is 3.26. The minimum absolute atomic E-state index is 0.0888. The third-order valence-corrected chi connectivity index (χ3v) is 3.47. The van der Waals surface area contributed by atoms with Crippen molar-refractivity contribution in [3.8, 4) is 0 Å². The van der Waals surface area contributed by atoms with Gasteiger partial charge in [-0.25, -0.2) is 8.78 Å². The van der Waals surface area contributed by atoms with Crippen molar-refractivity contribution in [1.82, 2.24) is 5.32 Å². The first-order valence-corrected chi connectivity index (χ1v) is 6.29. The second-order valence-electron chi connectivity index (χ2n) is 5.09. The van der Waals surface area contributed by atoms with E-state index in [0.717, 1.165) is 32.0 Å². The van der Waals surface area contributed by atoms with E-state index >= 15 is 0 Å². The van der Waals surface area contributed by atoms with Crippen LogP contribution in [-0.4, -0.2) is 13.1 Å². The standard InChI is InChI=1S/C14H19F2N/c1-9(2)11-6-12(14(16)7-13(11)15)10-4-3-5-17-8-10/h6-7,9-10,17H,3-5,8H2,1-2H3. The van der Waals surface area contributed by atoms with Crippen molar-refractivity contribution in [2.24, 2.45) is 0 Å². The Labute approximate surface area is 101 Å². The molecule has 1 nitrogen and oxygen atoms in total. The van der Waals surface area contributed by atoms with Gasteiger partial charge in [0.05, 0.1) is 0 Å². The molecule has 3 heteroatoms. The smallest absolute Gasteiger partial charge is 0.129 e. The molecule has 0 radical (unpaired) electrons. The van der Waals surface area contributed by atoms with Gasteiger partial charge in [0.25, 0.3) is 0 Å². The third-order valence-electron chi connectivity index (χ3n) is 3.47. The molecule has 17 heavy (non-hydrogen) atoms. The maximum atomic E-state index is 13.8. The normalized spacial score (nSPS) is 20.9. The molecule has 0 amide bonds. The Kier molecular flexibility index (Phi) is 3.77. The molecule has 1 aromatic carbocycles. The molecular weight excluding hydrogens is 220 g/mol. The molecule has 1 unspecified atom stereocenters. The summed E-state index contributed by atoms with van der Waals surface area (Å²) in [6, 6.07) is 2.76. The van der Waals surface area contributed by atoms with Gasteiger partial charge in [-0.15, -0.1) is 0 Å². The summed E-state index contributed by atoms with van der Waals surface area (Å²) in [6.07, 6.45) is 2.03. The van der Waals surface area contributed by atoms with Crippen molar-refractivity contribution in [1.29, 1.82) is 0 Å². The second kappa shape index (κ2) is 5.13. The summed E-state index contributed by atoms with van der Waals surface area (Å²) in [5.74, 6) is -0.557. The molecule has 1 aliphatic heterocycles. The molecule has 1 N–H and O–H groups in total. The van der Waals surface area contributed by atoms with Gasteiger partial charge in [0, 0.05) is 12.6 Å². The molecule has 0 bridgehead atoms. The van der Waals surface area contributed by atoms with Crippen LogP contribution in [0.2, 0.25) is 0 Å². The molecule has 1 saturated heterocycles. The summed E-state index contributed by atoms with van der Waals surface area (Å²) in [4.78, 5) is 0. The average Bonchev–Trinajstić information content (AvgIpc) is 2.29. The van der Waals surface area contributed by atoms with Crippen molar-refractivity contribution in [3.63, 3.8) is 0 Å². The lowest BCUT2D eigenvalue weighted by molar-refractivity contribution is 0.443. The number of piperidine rings is 1. The summed E-state index contributed by atoms with van der Waals surface area (Å²) in [5.41, 5.74) is 1.29. The van der Waals surface area contributed by atoms with Crippen LogP contribution in [0.5, 0.6) is 0 Å². The van der Waals surface area contributed by atoms with Crippen LogP contribution in [0, 0.1) is 11.6 Å². The quantitative estimate of drug-likeness (QED) is 0.832. The minimum atomic E-state index is -0.426. The maximum absolute atomic E-state index is 13.8. The molecule has 1 aliphatic rings. The Balaban J connectivity index is 2.35. The van der Waals surface area contributed by atoms with E-state index in [1.54, 1.807) is 6.07 Å². The summed E-state index contributed by atoms with van der Waals surface area (Å²) in [7, 11) is 0. The van der Waals surface area contributed by atoms with Crippen molar-refractivity contribution in [3.05, 3.63) is 34.9 Å². The number of halogens is 2. The van der Waals surface area contributed by atoms with E-state index in [1.165, 1.54) is 0 Å². The predicted octanol–water partition coefficient (Wildman–Crippen LogP) is 3.56. The third kappa shape index (κ3) is 2.65. The highest BCUT2D eigenvalue weighted by Gasteiger charge is 2.21. The van der Waals surface area contributed by atoms with E-state index in [1.807, 2.05) is 13.8 Å². The van der Waals surface area contributed by atoms with Gasteiger partial charge in [0.2, 0.25) is 0 Å². The highest BCUT2D eigenvalue weighted by Crippen LogP contribution is 2.30. The van der Waals surface area contributed by atoms with E-state index in [0.29, 0.717) is 11.1 Å². The summed E-state index contributed by atoms with van der Waals surface area (Å²) < 4.78 is 27.4. The highest BCUT2D eigenvalue weighted by atomic mass is 19.1. The molecule has 1 heterocycles. The Morgan fingerprint density at radius 3 is 2.59 bits per heavy atom. The molecule has 1 aromatic rings. The number of rotatable bonds is 2. The fraction of sp³-hybridized carbons (Fsp3) is 0.571. The van der Waals surface area contributed by atoms with Crippen LogP contribution in [0.3, 0.4) is 0 Å². The largest absolute Gasteiger partial charge is 0.316 e. The van der Waals surface area contributed by atoms with Gasteiger partial charge < -0.3 is 5.32 Å². The fourth-order valence-corrected chi connectivity index (χ4v) is 2.46. The SMILES string of the molecule is CC(C)c1cc(C2CCCNC2)c(F)cc1F. The molecule has 0 aliphatic carbocycles. The van der Waals surface area contributed by atoms with E-state index in [2.05, 4.69) is 5.32 Å². The summed E-state index contributed by atoms with van der Waals surface area (Å²) >= 11 is 0. The monoisotopic (exact) mass is 239 g/mol. The Morgan fingerprint density at radius 1 is 1.24 bits per heavy atom. The zero-order valence-corrected chi connectivity index (χ0v) is 10.4. The van der Waals surface area contributed by atoms with Crippen LogP contribution in [0.25, 0.3) is 0 Å². The minimum Gasteiger partial charge on any atom is -0.316 e. The molecule has 1 fully saturated rings. The van der Waals surface area contributed by atoms with Crippen LogP contribution in [-0.2, 0) is 0 Å². The zero-order valence-electron chi connectivity index (χ0n) is 10.4. The van der Waals surface area contributed by atoms with Gasteiger partial charge in [-0.2, -0.15) is 0 Å². The zero-order chi connectivity index (χ0) is 12.4. The topological polar surface area (TPSA) is 12.0 Å². The van der Waals surface area contributed by atoms with Crippen molar-refractivity contribution in [2.45, 2.75) is 38.5 Å². The molecule has 1 atom stereocenters. The van der Waals surface area contributed by atoms with Gasteiger partial charge in [0.1, 0.15) is 11.6 Å². The Hall–Kier alpha value is -0.960. The van der Waals surface area contributed by atoms with E-state index < -0.39 is 11.6 Å². The first kappa shape index (κ1) is 12.5. The number of hydrogen-bond donors (Lipinski definition) is 1. The number of benzene rings is 1. The second-order valence-corrected chi connectivity index (χ2v) is 5.09. The number of hydrogen-bond acceptors (Lipinski definition) is 1. The molecule has 94 valence electrons. The van der Waals surface area contributed by atoms with Crippen LogP contribution >= 0.6 is 0 Å². The lowest BCUT2D eigenvalue weighted by atomic mass is 9.88. The van der Waals surface area contributed by atoms with Crippen molar-refractivity contribution >= 4 is 0 Å². The van der Waals surface area contributed by atoms with Gasteiger partial charge in [-0.1, -0.05) is 13.8 Å². The molecule has 0 spiro atoms. The molecule has 0 aromatic heterocycles. The maximum Gasteiger partial charge on any atom is 0.129 e. The highest BCUT2D eigenvalue weighted by molar-refractivity contribution is 5.31. The van der Waals surface area contributed by atoms with E-state index in [4.69, 9.17) is 0 Å². The van der Waals surface area contributed by atoms with Crippen molar-refractivity contribution in [2.75, 3.05) is 13.1 Å². The molecule has 2 rings (SSSR count). The van der Waals surface area contributed by atoms with Crippen LogP contribution in [0.4, 0.5) is 8.78 Å². The Morgan fingerprint density at radius 2 is 2.00 bits per heavy atom. The molecule has 0 saturated carbocycles. The fourth-order valence-electron chi connectivity index (χ4n) is 2.46. The first-order valence-electron chi connectivity index (χ1n) is 6.29. The average molecular weight is 239 g/mol. The van der Waals surface area contributed by atoms with Crippen LogP contribution in [0.15, 0.2) is 12.1 Å². The van der Waals surface area contributed by atoms with E-state index in [9.17, 15) is 8.78 Å². The van der Waals surface area contributed by atoms with Crippen molar-refractivity contribution < 1.29 is 8.78 Å². The predicted molar refractivity (Wildman–Crippen MR) is 65.3 cm³/mol.